The van der Waals surface area contributed by atoms with Gasteiger partial charge in [0.15, 0.2) is 22.5 Å². The Morgan fingerprint density at radius 3 is 2.15 bits per heavy atom. The molecule has 14 heteroatoms. The molecule has 0 radical (unpaired) electrons. The fourth-order valence-electron chi connectivity index (χ4n) is 5.12. The maximum absolute atomic E-state index is 16.4. The highest BCUT2D eigenvalue weighted by molar-refractivity contribution is 7.90. The number of nitrogens with zero attached hydrogens (tertiary/aromatic N) is 4. The van der Waals surface area contributed by atoms with E-state index in [1.54, 1.807) is 24.1 Å². The summed E-state index contributed by atoms with van der Waals surface area (Å²) in [6.45, 7) is 28.9. The predicted octanol–water partition coefficient (Wildman–Crippen LogP) is 9.87. The van der Waals surface area contributed by atoms with Gasteiger partial charge in [-0.05, 0) is 93.4 Å². The molecule has 0 saturated heterocycles. The summed E-state index contributed by atoms with van der Waals surface area (Å²) in [5.74, 6) is 1.25. The number of pyridine rings is 2. The van der Waals surface area contributed by atoms with E-state index in [-0.39, 0.29) is 23.1 Å². The molecule has 0 aliphatic carbocycles. The minimum atomic E-state index is -2.09. The molecule has 55 heavy (non-hydrogen) atoms. The molecule has 3 heterocycles. The second-order valence-corrected chi connectivity index (χ2v) is 29.8. The van der Waals surface area contributed by atoms with Crippen LogP contribution in [0, 0.1) is 0 Å². The monoisotopic (exact) mass is 813 g/mol. The Morgan fingerprint density at radius 2 is 1.51 bits per heavy atom. The van der Waals surface area contributed by atoms with E-state index in [4.69, 9.17) is 33.4 Å². The van der Waals surface area contributed by atoms with Gasteiger partial charge in [0, 0.05) is 37.1 Å². The van der Waals surface area contributed by atoms with Crippen LogP contribution in [0.3, 0.4) is 0 Å². The molecule has 10 nitrogen and oxygen atoms in total. The van der Waals surface area contributed by atoms with Crippen molar-refractivity contribution in [3.63, 3.8) is 0 Å². The lowest BCUT2D eigenvalue weighted by atomic mass is 10.0. The Labute approximate surface area is 333 Å². The van der Waals surface area contributed by atoms with Gasteiger partial charge in [-0.25, -0.2) is 14.1 Å². The number of hydrogen-bond donors (Lipinski definition) is 1. The molecule has 0 spiro atoms. The quantitative estimate of drug-likeness (QED) is 0.0632. The molecule has 0 aliphatic heterocycles. The van der Waals surface area contributed by atoms with E-state index >= 15 is 4.39 Å². The Hall–Kier alpha value is -2.70. The van der Waals surface area contributed by atoms with Crippen LogP contribution in [0.4, 0.5) is 4.39 Å². The van der Waals surface area contributed by atoms with Crippen molar-refractivity contribution in [3.05, 3.63) is 66.1 Å². The normalized spacial score (nSPS) is 15.0. The van der Waals surface area contributed by atoms with E-state index in [0.717, 1.165) is 22.2 Å². The molecule has 1 unspecified atom stereocenters. The number of fused-ring (bicyclic) bond motifs is 1. The lowest BCUT2D eigenvalue weighted by molar-refractivity contribution is 0.147. The van der Waals surface area contributed by atoms with Crippen LogP contribution in [-0.4, -0.2) is 78.8 Å². The Kier molecular flexibility index (Phi) is 14.6. The van der Waals surface area contributed by atoms with Gasteiger partial charge in [-0.2, -0.15) is 5.10 Å². The van der Waals surface area contributed by atoms with Gasteiger partial charge in [-0.15, -0.1) is 4.72 Å². The van der Waals surface area contributed by atoms with Crippen molar-refractivity contribution >= 4 is 38.9 Å². The molecule has 4 aromatic rings. The number of halogens is 1. The van der Waals surface area contributed by atoms with Gasteiger partial charge in [-0.3, -0.25) is 4.98 Å². The van der Waals surface area contributed by atoms with Crippen molar-refractivity contribution < 1.29 is 27.3 Å². The number of benzene rings is 1. The van der Waals surface area contributed by atoms with Crippen LogP contribution in [0.15, 0.2) is 54.7 Å². The lowest BCUT2D eigenvalue weighted by Crippen LogP contribution is -2.45. The SMILES string of the molecule is COCCOc1cc(-c2cccc([C@@H](N[S+]([O-])C(C)(C)C)[C@H](F)CCO[Si](C)(C)C(C)(C)C)n2)cc2c1cnn2-c1cccc(CO[Si](C)(C)C(C)(C)C)n1. The van der Waals surface area contributed by atoms with Crippen molar-refractivity contribution in [2.45, 2.75) is 129 Å². The summed E-state index contributed by atoms with van der Waals surface area (Å²) in [5.41, 5.74) is 3.37. The van der Waals surface area contributed by atoms with E-state index in [9.17, 15) is 4.55 Å². The zero-order valence-electron chi connectivity index (χ0n) is 35.5. The largest absolute Gasteiger partial charge is 0.598 e. The summed E-state index contributed by atoms with van der Waals surface area (Å²) in [5, 5.41) is 5.63. The third-order valence-corrected chi connectivity index (χ3v) is 21.4. The van der Waals surface area contributed by atoms with E-state index in [1.807, 2.05) is 63.2 Å². The maximum atomic E-state index is 16.4. The number of alkyl halides is 1. The van der Waals surface area contributed by atoms with Crippen molar-refractivity contribution in [1.29, 1.82) is 0 Å². The van der Waals surface area contributed by atoms with E-state index < -0.39 is 45.0 Å². The smallest absolute Gasteiger partial charge is 0.192 e. The van der Waals surface area contributed by atoms with Crippen molar-refractivity contribution in [3.8, 4) is 22.8 Å². The molecule has 4 rings (SSSR count). The topological polar surface area (TPSA) is 116 Å². The molecule has 1 N–H and O–H groups in total. The summed E-state index contributed by atoms with van der Waals surface area (Å²) in [4.78, 5) is 9.95. The third kappa shape index (κ3) is 11.5. The van der Waals surface area contributed by atoms with Gasteiger partial charge in [0.05, 0.1) is 47.4 Å². The van der Waals surface area contributed by atoms with Crippen LogP contribution in [0.2, 0.25) is 36.3 Å². The van der Waals surface area contributed by atoms with Crippen molar-refractivity contribution in [1.82, 2.24) is 24.5 Å². The molecule has 3 aromatic heterocycles. The van der Waals surface area contributed by atoms with Gasteiger partial charge in [0.1, 0.15) is 29.3 Å². The van der Waals surface area contributed by atoms with Crippen LogP contribution >= 0.6 is 0 Å². The number of nitrogens with one attached hydrogen (secondary N) is 1. The number of hydrogen-bond acceptors (Lipinski definition) is 9. The van der Waals surface area contributed by atoms with Gasteiger partial charge in [-0.1, -0.05) is 53.7 Å². The van der Waals surface area contributed by atoms with Gasteiger partial charge in [0.25, 0.3) is 0 Å². The van der Waals surface area contributed by atoms with Crippen LogP contribution in [0.5, 0.6) is 5.75 Å². The van der Waals surface area contributed by atoms with Crippen LogP contribution in [-0.2, 0) is 31.6 Å². The summed E-state index contributed by atoms with van der Waals surface area (Å²) in [6, 6.07) is 14.3. The highest BCUT2D eigenvalue weighted by Gasteiger charge is 2.39. The molecule has 0 amide bonds. The van der Waals surface area contributed by atoms with E-state index in [0.29, 0.717) is 42.8 Å². The molecule has 304 valence electrons. The van der Waals surface area contributed by atoms with Gasteiger partial charge < -0.3 is 22.9 Å². The predicted molar refractivity (Wildman–Crippen MR) is 228 cm³/mol. The minimum Gasteiger partial charge on any atom is -0.598 e. The summed E-state index contributed by atoms with van der Waals surface area (Å²) in [6.07, 6.45) is 0.495. The minimum absolute atomic E-state index is 0.000647. The van der Waals surface area contributed by atoms with Crippen LogP contribution in [0.1, 0.15) is 86.2 Å². The summed E-state index contributed by atoms with van der Waals surface area (Å²) < 4.78 is 58.4. The van der Waals surface area contributed by atoms with E-state index in [2.05, 4.69) is 72.5 Å². The lowest BCUT2D eigenvalue weighted by Gasteiger charge is -2.36. The molecule has 0 fully saturated rings. The number of rotatable bonds is 17. The van der Waals surface area contributed by atoms with Crippen LogP contribution < -0.4 is 9.46 Å². The fourth-order valence-corrected chi connectivity index (χ4v) is 7.98. The summed E-state index contributed by atoms with van der Waals surface area (Å²) >= 11 is -1.55. The maximum Gasteiger partial charge on any atom is 0.192 e. The average molecular weight is 814 g/mol. The average Bonchev–Trinajstić information content (AvgIpc) is 3.53. The Morgan fingerprint density at radius 1 is 0.855 bits per heavy atom. The van der Waals surface area contributed by atoms with Crippen molar-refractivity contribution in [2.24, 2.45) is 0 Å². The number of ether oxygens (including phenoxy) is 2. The van der Waals surface area contributed by atoms with Gasteiger partial charge >= 0.3 is 0 Å². The molecule has 0 bridgehead atoms. The highest BCUT2D eigenvalue weighted by Crippen LogP contribution is 2.39. The number of aromatic nitrogens is 4. The first-order valence-corrected chi connectivity index (χ1v) is 26.1. The first-order valence-electron chi connectivity index (χ1n) is 19.1. The highest BCUT2D eigenvalue weighted by atomic mass is 32.2. The summed E-state index contributed by atoms with van der Waals surface area (Å²) in [7, 11) is -2.44. The molecular formula is C41H64FN5O5SSi2. The Balaban J connectivity index is 1.74. The second-order valence-electron chi connectivity index (χ2n) is 18.2. The number of methoxy groups -OCH3 is 1. The van der Waals surface area contributed by atoms with E-state index in [1.165, 1.54) is 0 Å². The first-order chi connectivity index (χ1) is 25.4. The fraction of sp³-hybridized carbons (Fsp3) is 0.585. The molecule has 1 aromatic carbocycles. The Bertz CT molecular complexity index is 1870. The molecular weight excluding hydrogens is 750 g/mol. The third-order valence-electron chi connectivity index (χ3n) is 10.8. The zero-order valence-corrected chi connectivity index (χ0v) is 38.3. The second kappa shape index (κ2) is 17.8. The van der Waals surface area contributed by atoms with Gasteiger partial charge in [0.2, 0.25) is 0 Å². The standard InChI is InChI=1S/C41H64FN5O5SSi2/c1-39(2,3)53(48)46-38(32(42)21-22-51-54(11,12)40(4,5)6)34-19-16-18-33(45-34)29-25-35-31(36(26-29)50-24-23-49-10)27-43-47(35)37-20-15-17-30(44-37)28-52-55(13,14)41(7,8)9/h15-20,25-27,32,38,46H,21-24,28H2,1-14H3/t32-,38+,53?/m1/s1. The van der Waals surface area contributed by atoms with Crippen molar-refractivity contribution in [2.75, 3.05) is 26.9 Å². The first kappa shape index (κ1) is 45.0. The molecule has 0 aliphatic rings. The molecule has 0 saturated carbocycles. The van der Waals surface area contributed by atoms with Crippen LogP contribution in [0.25, 0.3) is 28.0 Å². The zero-order chi connectivity index (χ0) is 41.0. The molecule has 3 atom stereocenters.